The molecule has 0 spiro atoms. The smallest absolute Gasteiger partial charge is 0.404 e. The number of morpholine rings is 1. The van der Waals surface area contributed by atoms with E-state index in [4.69, 9.17) is 9.84 Å². The Morgan fingerprint density at radius 1 is 1.10 bits per heavy atom. The van der Waals surface area contributed by atoms with Crippen molar-refractivity contribution in [2.45, 2.75) is 44.4 Å². The second-order valence-corrected chi connectivity index (χ2v) is 10.3. The van der Waals surface area contributed by atoms with E-state index in [1.165, 1.54) is 6.07 Å². The zero-order valence-corrected chi connectivity index (χ0v) is 23.5. The van der Waals surface area contributed by atoms with Gasteiger partial charge in [-0.3, -0.25) is 4.79 Å². The summed E-state index contributed by atoms with van der Waals surface area (Å²) in [5.74, 6) is -0.664. The maximum Gasteiger partial charge on any atom is 0.404 e. The molecule has 1 aliphatic rings. The second-order valence-electron chi connectivity index (χ2n) is 10.3. The standard InChI is InChI=1S/C32H38FN3O5/c1-3-22-7-4-8-25(19-22)29-26(9-5-10-27(29)33)32(40,15-6-16-35-31(38)39)28-21-36(17-18-41-28)30(37)24-13-11-23(12-14-24)20-34-2/h4-5,7-14,19,28,34-35,40H,3,6,15-18,20-21H2,1-2H3,(H,38,39)/t28-,32-/m1/s1. The van der Waals surface area contributed by atoms with E-state index in [9.17, 15) is 14.7 Å². The lowest BCUT2D eigenvalue weighted by molar-refractivity contribution is -0.146. The maximum atomic E-state index is 15.6. The van der Waals surface area contributed by atoms with Gasteiger partial charge in [0.15, 0.2) is 0 Å². The number of hydrogen-bond donors (Lipinski definition) is 4. The van der Waals surface area contributed by atoms with Crippen LogP contribution >= 0.6 is 0 Å². The molecule has 0 aromatic heterocycles. The van der Waals surface area contributed by atoms with E-state index in [1.807, 2.05) is 50.4 Å². The summed E-state index contributed by atoms with van der Waals surface area (Å²) in [4.78, 5) is 26.2. The fraction of sp³-hybridized carbons (Fsp3) is 0.375. The second kappa shape index (κ2) is 13.7. The number of nitrogens with zero attached hydrogens (tertiary/aromatic N) is 1. The predicted molar refractivity (Wildman–Crippen MR) is 155 cm³/mol. The topological polar surface area (TPSA) is 111 Å². The predicted octanol–water partition coefficient (Wildman–Crippen LogP) is 4.55. The SMILES string of the molecule is CCc1cccc(-c2c(F)cccc2[C@](O)(CCCNC(=O)O)[C@H]2CN(C(=O)c3ccc(CNC)cc3)CCO2)c1. The van der Waals surface area contributed by atoms with Crippen molar-refractivity contribution in [3.05, 3.63) is 94.8 Å². The van der Waals surface area contributed by atoms with Crippen molar-refractivity contribution in [3.8, 4) is 11.1 Å². The van der Waals surface area contributed by atoms with Gasteiger partial charge in [0.1, 0.15) is 17.5 Å². The van der Waals surface area contributed by atoms with E-state index >= 15 is 4.39 Å². The lowest BCUT2D eigenvalue weighted by Gasteiger charge is -2.43. The number of nitrogens with one attached hydrogen (secondary N) is 2. The molecule has 1 fully saturated rings. The highest BCUT2D eigenvalue weighted by atomic mass is 19.1. The lowest BCUT2D eigenvalue weighted by Crippen LogP contribution is -2.54. The minimum atomic E-state index is -1.71. The van der Waals surface area contributed by atoms with Crippen LogP contribution in [0.15, 0.2) is 66.7 Å². The van der Waals surface area contributed by atoms with Gasteiger partial charge < -0.3 is 30.5 Å². The third-order valence-corrected chi connectivity index (χ3v) is 7.58. The first-order valence-electron chi connectivity index (χ1n) is 14.0. The minimum absolute atomic E-state index is 0.0859. The molecule has 3 aromatic carbocycles. The highest BCUT2D eigenvalue weighted by molar-refractivity contribution is 5.94. The van der Waals surface area contributed by atoms with Crippen LogP contribution in [-0.2, 0) is 23.3 Å². The first-order chi connectivity index (χ1) is 19.8. The van der Waals surface area contributed by atoms with Crippen molar-refractivity contribution in [2.24, 2.45) is 0 Å². The molecule has 2 atom stereocenters. The number of ether oxygens (including phenoxy) is 1. The largest absolute Gasteiger partial charge is 0.465 e. The summed E-state index contributed by atoms with van der Waals surface area (Å²) >= 11 is 0. The first kappa shape index (κ1) is 30.2. The van der Waals surface area contributed by atoms with E-state index in [0.29, 0.717) is 29.8 Å². The van der Waals surface area contributed by atoms with Gasteiger partial charge in [0.25, 0.3) is 5.91 Å². The average molecular weight is 564 g/mol. The number of hydrogen-bond acceptors (Lipinski definition) is 5. The molecule has 0 bridgehead atoms. The quantitative estimate of drug-likeness (QED) is 0.255. The summed E-state index contributed by atoms with van der Waals surface area (Å²) in [5.41, 5.74) is 2.14. The van der Waals surface area contributed by atoms with E-state index in [1.54, 1.807) is 29.2 Å². The summed E-state index contributed by atoms with van der Waals surface area (Å²) < 4.78 is 21.7. The average Bonchev–Trinajstić information content (AvgIpc) is 2.99. The number of carbonyl (C=O) groups is 2. The summed E-state index contributed by atoms with van der Waals surface area (Å²) in [6.07, 6.45) is -0.912. The maximum absolute atomic E-state index is 15.6. The Bertz CT molecular complexity index is 1350. The van der Waals surface area contributed by atoms with E-state index < -0.39 is 23.6 Å². The normalized spacial score (nSPS) is 16.7. The number of carboxylic acid groups (broad SMARTS) is 1. The van der Waals surface area contributed by atoms with Crippen LogP contribution < -0.4 is 10.6 Å². The molecule has 8 nitrogen and oxygen atoms in total. The zero-order chi connectivity index (χ0) is 29.4. The number of amides is 2. The van der Waals surface area contributed by atoms with Crippen molar-refractivity contribution in [2.75, 3.05) is 33.3 Å². The Morgan fingerprint density at radius 3 is 2.56 bits per heavy atom. The monoisotopic (exact) mass is 563 g/mol. The first-order valence-corrected chi connectivity index (χ1v) is 14.0. The number of halogens is 1. The molecular weight excluding hydrogens is 525 g/mol. The number of rotatable bonds is 11. The van der Waals surface area contributed by atoms with Crippen molar-refractivity contribution >= 4 is 12.0 Å². The van der Waals surface area contributed by atoms with Gasteiger partial charge in [-0.2, -0.15) is 0 Å². The van der Waals surface area contributed by atoms with Gasteiger partial charge in [-0.25, -0.2) is 9.18 Å². The molecule has 0 saturated carbocycles. The number of carbonyl (C=O) groups excluding carboxylic acids is 1. The number of benzene rings is 3. The molecular formula is C32H38FN3O5. The lowest BCUT2D eigenvalue weighted by atomic mass is 9.79. The molecule has 1 heterocycles. The number of aryl methyl sites for hydroxylation is 1. The van der Waals surface area contributed by atoms with Crippen LogP contribution in [0.4, 0.5) is 9.18 Å². The van der Waals surface area contributed by atoms with Gasteiger partial charge in [-0.1, -0.05) is 55.5 Å². The van der Waals surface area contributed by atoms with E-state index in [2.05, 4.69) is 10.6 Å². The van der Waals surface area contributed by atoms with Crippen molar-refractivity contribution in [1.82, 2.24) is 15.5 Å². The Labute approximate surface area is 240 Å². The van der Waals surface area contributed by atoms with Gasteiger partial charge in [-0.05, 0) is 66.8 Å². The molecule has 218 valence electrons. The molecule has 41 heavy (non-hydrogen) atoms. The van der Waals surface area contributed by atoms with Gasteiger partial charge in [-0.15, -0.1) is 0 Å². The Kier molecular flexibility index (Phi) is 10.1. The van der Waals surface area contributed by atoms with Gasteiger partial charge in [0.05, 0.1) is 13.2 Å². The summed E-state index contributed by atoms with van der Waals surface area (Å²) in [6.45, 7) is 3.43. The molecule has 0 radical (unpaired) electrons. The molecule has 9 heteroatoms. The van der Waals surface area contributed by atoms with Crippen molar-refractivity contribution < 1.29 is 28.9 Å². The van der Waals surface area contributed by atoms with E-state index in [0.717, 1.165) is 17.5 Å². The van der Waals surface area contributed by atoms with Crippen LogP contribution in [0.1, 0.15) is 46.8 Å². The molecule has 2 amide bonds. The zero-order valence-electron chi connectivity index (χ0n) is 23.5. The third kappa shape index (κ3) is 7.11. The fourth-order valence-electron chi connectivity index (χ4n) is 5.42. The molecule has 1 aliphatic heterocycles. The van der Waals surface area contributed by atoms with Crippen LogP contribution in [0.5, 0.6) is 0 Å². The molecule has 0 aliphatic carbocycles. The van der Waals surface area contributed by atoms with Crippen LogP contribution in [0.2, 0.25) is 0 Å². The molecule has 1 saturated heterocycles. The summed E-state index contributed by atoms with van der Waals surface area (Å²) in [7, 11) is 1.86. The van der Waals surface area contributed by atoms with Crippen LogP contribution in [-0.4, -0.2) is 66.5 Å². The van der Waals surface area contributed by atoms with E-state index in [-0.39, 0.29) is 44.0 Å². The van der Waals surface area contributed by atoms with Gasteiger partial charge in [0, 0.05) is 30.8 Å². The number of aliphatic hydroxyl groups is 1. The fourth-order valence-corrected chi connectivity index (χ4v) is 5.42. The van der Waals surface area contributed by atoms with Crippen LogP contribution in [0, 0.1) is 5.82 Å². The minimum Gasteiger partial charge on any atom is -0.465 e. The van der Waals surface area contributed by atoms with Crippen molar-refractivity contribution in [3.63, 3.8) is 0 Å². The van der Waals surface area contributed by atoms with Crippen LogP contribution in [0.25, 0.3) is 11.1 Å². The van der Waals surface area contributed by atoms with Crippen molar-refractivity contribution in [1.29, 1.82) is 0 Å². The summed E-state index contributed by atoms with van der Waals surface area (Å²) in [5, 5.41) is 26.9. The van der Waals surface area contributed by atoms with Crippen LogP contribution in [0.3, 0.4) is 0 Å². The highest BCUT2D eigenvalue weighted by Crippen LogP contribution is 2.41. The summed E-state index contributed by atoms with van der Waals surface area (Å²) in [6, 6.07) is 19.5. The highest BCUT2D eigenvalue weighted by Gasteiger charge is 2.44. The van der Waals surface area contributed by atoms with Gasteiger partial charge >= 0.3 is 6.09 Å². The molecule has 0 unspecified atom stereocenters. The molecule has 4 N–H and O–H groups in total. The molecule has 4 rings (SSSR count). The Morgan fingerprint density at radius 2 is 1.85 bits per heavy atom. The Balaban J connectivity index is 1.69. The third-order valence-electron chi connectivity index (χ3n) is 7.58. The Hall–Kier alpha value is -3.79. The van der Waals surface area contributed by atoms with Gasteiger partial charge in [0.2, 0.25) is 0 Å². The molecule has 3 aromatic rings.